The fraction of sp³-hybridized carbons (Fsp3) is 0.158. The van der Waals surface area contributed by atoms with Crippen LogP contribution in [0.3, 0.4) is 0 Å². The highest BCUT2D eigenvalue weighted by molar-refractivity contribution is 9.10. The van der Waals surface area contributed by atoms with E-state index in [1.165, 1.54) is 0 Å². The number of halogens is 1. The van der Waals surface area contributed by atoms with Crippen LogP contribution in [-0.2, 0) is 6.54 Å². The Hall–Kier alpha value is -2.40. The normalized spacial score (nSPS) is 10.5. The van der Waals surface area contributed by atoms with Crippen LogP contribution in [0.1, 0.15) is 16.8 Å². The summed E-state index contributed by atoms with van der Waals surface area (Å²) >= 11 is 3.36. The molecule has 0 unspecified atom stereocenters. The van der Waals surface area contributed by atoms with Crippen molar-refractivity contribution in [1.82, 2.24) is 14.9 Å². The summed E-state index contributed by atoms with van der Waals surface area (Å²) in [7, 11) is 0. The average Bonchev–Trinajstić information content (AvgIpc) is 3.09. The Balaban J connectivity index is 1.46. The first-order valence-electron chi connectivity index (χ1n) is 7.83. The lowest BCUT2D eigenvalue weighted by molar-refractivity contribution is 0.0952. The molecule has 2 aromatic carbocycles. The average molecular weight is 384 g/mol. The van der Waals surface area contributed by atoms with Crippen molar-refractivity contribution in [3.63, 3.8) is 0 Å². The number of aryl methyl sites for hydroxylation is 1. The van der Waals surface area contributed by atoms with Gasteiger partial charge < -0.3 is 9.88 Å². The quantitative estimate of drug-likeness (QED) is 0.650. The maximum Gasteiger partial charge on any atom is 0.251 e. The second-order valence-electron chi connectivity index (χ2n) is 5.48. The van der Waals surface area contributed by atoms with Gasteiger partial charge >= 0.3 is 0 Å². The Morgan fingerprint density at radius 1 is 1.08 bits per heavy atom. The van der Waals surface area contributed by atoms with Gasteiger partial charge in [0.25, 0.3) is 5.91 Å². The van der Waals surface area contributed by atoms with Crippen LogP contribution >= 0.6 is 15.9 Å². The van der Waals surface area contributed by atoms with E-state index < -0.39 is 0 Å². The van der Waals surface area contributed by atoms with Crippen LogP contribution in [0.2, 0.25) is 0 Å². The second kappa shape index (κ2) is 7.93. The van der Waals surface area contributed by atoms with Crippen molar-refractivity contribution >= 4 is 21.8 Å². The first-order chi connectivity index (χ1) is 11.7. The van der Waals surface area contributed by atoms with E-state index in [9.17, 15) is 4.79 Å². The summed E-state index contributed by atoms with van der Waals surface area (Å²) in [5.41, 5.74) is 2.75. The van der Waals surface area contributed by atoms with E-state index in [1.807, 2.05) is 59.6 Å². The fourth-order valence-electron chi connectivity index (χ4n) is 2.41. The summed E-state index contributed by atoms with van der Waals surface area (Å²) in [4.78, 5) is 16.4. The van der Waals surface area contributed by atoms with Gasteiger partial charge in [0.05, 0.1) is 12.0 Å². The zero-order chi connectivity index (χ0) is 16.8. The number of nitrogens with zero attached hydrogens (tertiary/aromatic N) is 2. The molecular formula is C19H18BrN3O. The molecule has 3 aromatic rings. The van der Waals surface area contributed by atoms with Crippen LogP contribution in [-0.4, -0.2) is 22.0 Å². The van der Waals surface area contributed by atoms with Gasteiger partial charge in [-0.1, -0.05) is 46.3 Å². The van der Waals surface area contributed by atoms with E-state index >= 15 is 0 Å². The minimum atomic E-state index is -0.0434. The SMILES string of the molecule is O=C(NCCCn1cnc(-c2ccccc2)c1)c1ccc(Br)cc1. The Labute approximate surface area is 149 Å². The van der Waals surface area contributed by atoms with Crippen molar-refractivity contribution in [2.45, 2.75) is 13.0 Å². The molecule has 1 N–H and O–H groups in total. The van der Waals surface area contributed by atoms with Crippen LogP contribution in [0.25, 0.3) is 11.3 Å². The van der Waals surface area contributed by atoms with E-state index in [0.29, 0.717) is 12.1 Å². The van der Waals surface area contributed by atoms with Gasteiger partial charge in [-0.25, -0.2) is 4.98 Å². The summed E-state index contributed by atoms with van der Waals surface area (Å²) in [5.74, 6) is -0.0434. The van der Waals surface area contributed by atoms with Crippen LogP contribution in [0, 0.1) is 0 Å². The highest BCUT2D eigenvalue weighted by Gasteiger charge is 2.05. The van der Waals surface area contributed by atoms with Crippen molar-refractivity contribution in [3.8, 4) is 11.3 Å². The first-order valence-corrected chi connectivity index (χ1v) is 8.62. The number of hydrogen-bond acceptors (Lipinski definition) is 2. The van der Waals surface area contributed by atoms with Gasteiger partial charge in [0.2, 0.25) is 0 Å². The Kier molecular flexibility index (Phi) is 5.43. The third-order valence-electron chi connectivity index (χ3n) is 3.69. The molecule has 1 amide bonds. The largest absolute Gasteiger partial charge is 0.352 e. The lowest BCUT2D eigenvalue weighted by Gasteiger charge is -2.06. The van der Waals surface area contributed by atoms with Gasteiger partial charge in [0.1, 0.15) is 0 Å². The highest BCUT2D eigenvalue weighted by atomic mass is 79.9. The molecule has 24 heavy (non-hydrogen) atoms. The number of hydrogen-bond donors (Lipinski definition) is 1. The Morgan fingerprint density at radius 2 is 1.83 bits per heavy atom. The molecule has 0 spiro atoms. The highest BCUT2D eigenvalue weighted by Crippen LogP contribution is 2.16. The number of carbonyl (C=O) groups is 1. The molecule has 0 aliphatic rings. The molecule has 0 bridgehead atoms. The molecule has 0 atom stereocenters. The third kappa shape index (κ3) is 4.32. The number of rotatable bonds is 6. The van der Waals surface area contributed by atoms with Crippen molar-refractivity contribution in [2.24, 2.45) is 0 Å². The van der Waals surface area contributed by atoms with Crippen LogP contribution < -0.4 is 5.32 Å². The molecule has 0 radical (unpaired) electrons. The predicted octanol–water partition coefficient (Wildman–Crippen LogP) is 4.13. The molecule has 0 aliphatic carbocycles. The van der Waals surface area contributed by atoms with Crippen LogP contribution in [0.15, 0.2) is 71.6 Å². The zero-order valence-electron chi connectivity index (χ0n) is 13.2. The molecule has 0 aliphatic heterocycles. The van der Waals surface area contributed by atoms with Gasteiger partial charge in [-0.05, 0) is 30.7 Å². The third-order valence-corrected chi connectivity index (χ3v) is 4.22. The molecule has 0 saturated heterocycles. The summed E-state index contributed by atoms with van der Waals surface area (Å²) in [5, 5.41) is 2.94. The maximum atomic E-state index is 12.0. The minimum absolute atomic E-state index is 0.0434. The monoisotopic (exact) mass is 383 g/mol. The summed E-state index contributed by atoms with van der Waals surface area (Å²) in [6, 6.07) is 17.4. The Morgan fingerprint density at radius 3 is 2.58 bits per heavy atom. The molecule has 4 nitrogen and oxygen atoms in total. The maximum absolute atomic E-state index is 12.0. The molecule has 122 valence electrons. The zero-order valence-corrected chi connectivity index (χ0v) is 14.7. The van der Waals surface area contributed by atoms with E-state index in [2.05, 4.69) is 26.2 Å². The fourth-order valence-corrected chi connectivity index (χ4v) is 2.67. The second-order valence-corrected chi connectivity index (χ2v) is 6.39. The van der Waals surface area contributed by atoms with Crippen molar-refractivity contribution in [2.75, 3.05) is 6.54 Å². The van der Waals surface area contributed by atoms with Gasteiger partial charge in [-0.15, -0.1) is 0 Å². The lowest BCUT2D eigenvalue weighted by Crippen LogP contribution is -2.25. The van der Waals surface area contributed by atoms with E-state index in [0.717, 1.165) is 28.7 Å². The van der Waals surface area contributed by atoms with Crippen LogP contribution in [0.4, 0.5) is 0 Å². The summed E-state index contributed by atoms with van der Waals surface area (Å²) in [6.45, 7) is 1.45. The summed E-state index contributed by atoms with van der Waals surface area (Å²) in [6.07, 6.45) is 4.72. The Bertz CT molecular complexity index is 797. The molecule has 1 aromatic heterocycles. The first kappa shape index (κ1) is 16.5. The molecule has 0 fully saturated rings. The van der Waals surface area contributed by atoms with Gasteiger partial charge in [0.15, 0.2) is 0 Å². The number of benzene rings is 2. The van der Waals surface area contributed by atoms with E-state index in [4.69, 9.17) is 0 Å². The van der Waals surface area contributed by atoms with E-state index in [1.54, 1.807) is 12.1 Å². The van der Waals surface area contributed by atoms with Crippen molar-refractivity contribution in [3.05, 3.63) is 77.2 Å². The van der Waals surface area contributed by atoms with Crippen molar-refractivity contribution < 1.29 is 4.79 Å². The minimum Gasteiger partial charge on any atom is -0.352 e. The summed E-state index contributed by atoms with van der Waals surface area (Å²) < 4.78 is 3.02. The predicted molar refractivity (Wildman–Crippen MR) is 98.8 cm³/mol. The van der Waals surface area contributed by atoms with E-state index in [-0.39, 0.29) is 5.91 Å². The molecular weight excluding hydrogens is 366 g/mol. The van der Waals surface area contributed by atoms with Gasteiger partial charge in [0, 0.05) is 34.9 Å². The molecule has 1 heterocycles. The number of nitrogens with one attached hydrogen (secondary N) is 1. The molecule has 5 heteroatoms. The molecule has 3 rings (SSSR count). The number of carbonyl (C=O) groups excluding carboxylic acids is 1. The molecule has 0 saturated carbocycles. The lowest BCUT2D eigenvalue weighted by atomic mass is 10.2. The van der Waals surface area contributed by atoms with Gasteiger partial charge in [-0.3, -0.25) is 4.79 Å². The topological polar surface area (TPSA) is 46.9 Å². The smallest absolute Gasteiger partial charge is 0.251 e. The number of amides is 1. The number of aromatic nitrogens is 2. The van der Waals surface area contributed by atoms with Gasteiger partial charge in [-0.2, -0.15) is 0 Å². The standard InChI is InChI=1S/C19H18BrN3O/c20-17-9-7-16(8-10-17)19(24)21-11-4-12-23-13-18(22-14-23)15-5-2-1-3-6-15/h1-3,5-10,13-14H,4,11-12H2,(H,21,24). The van der Waals surface area contributed by atoms with Crippen molar-refractivity contribution in [1.29, 1.82) is 0 Å². The van der Waals surface area contributed by atoms with Crippen LogP contribution in [0.5, 0.6) is 0 Å². The number of imidazole rings is 1.